The van der Waals surface area contributed by atoms with E-state index in [1.807, 2.05) is 23.0 Å². The lowest BCUT2D eigenvalue weighted by Gasteiger charge is -2.15. The van der Waals surface area contributed by atoms with Crippen molar-refractivity contribution in [3.05, 3.63) is 72.2 Å². The van der Waals surface area contributed by atoms with Gasteiger partial charge < -0.3 is 10.2 Å². The molecular weight excluding hydrogens is 374 g/mol. The van der Waals surface area contributed by atoms with Crippen LogP contribution in [0, 0.1) is 5.92 Å². The molecule has 0 saturated heterocycles. The van der Waals surface area contributed by atoms with Crippen LogP contribution in [0.25, 0.3) is 16.6 Å². The number of rotatable bonds is 3. The zero-order valence-electron chi connectivity index (χ0n) is 18.4. The quantitative estimate of drug-likeness (QED) is 0.592. The number of nitrogens with zero attached hydrogens (tertiary/aromatic N) is 3. The fourth-order valence-corrected chi connectivity index (χ4v) is 3.20. The second-order valence-electron chi connectivity index (χ2n) is 8.55. The van der Waals surface area contributed by atoms with Crippen molar-refractivity contribution in [1.82, 2.24) is 14.8 Å². The Morgan fingerprint density at radius 1 is 1.20 bits per heavy atom. The highest BCUT2D eigenvalue weighted by atomic mass is 16.6. The van der Waals surface area contributed by atoms with Crippen molar-refractivity contribution in [2.45, 2.75) is 39.5 Å². The van der Waals surface area contributed by atoms with E-state index >= 15 is 0 Å². The monoisotopic (exact) mass is 405 g/mol. The average Bonchev–Trinajstić information content (AvgIpc) is 3.14. The van der Waals surface area contributed by atoms with E-state index in [4.69, 9.17) is 5.10 Å². The SMILES string of the molecule is CC1C=CC(Nc2cc(C(C)(C)C)nn2-c2ccc3ncccc3c2)=CC1.CON. The molecule has 6 nitrogen and oxygen atoms in total. The zero-order chi connectivity index (χ0) is 21.7. The van der Waals surface area contributed by atoms with Gasteiger partial charge in [-0.2, -0.15) is 5.10 Å². The van der Waals surface area contributed by atoms with E-state index in [1.165, 1.54) is 7.11 Å². The van der Waals surface area contributed by atoms with E-state index in [1.54, 1.807) is 0 Å². The molecule has 0 amide bonds. The van der Waals surface area contributed by atoms with E-state index in [9.17, 15) is 0 Å². The third kappa shape index (κ3) is 5.14. The fraction of sp³-hybridized carbons (Fsp3) is 0.333. The van der Waals surface area contributed by atoms with Crippen molar-refractivity contribution in [2.75, 3.05) is 12.4 Å². The van der Waals surface area contributed by atoms with E-state index in [0.717, 1.165) is 40.2 Å². The first-order chi connectivity index (χ1) is 14.3. The Bertz CT molecular complexity index is 1060. The van der Waals surface area contributed by atoms with Gasteiger partial charge in [0.15, 0.2) is 0 Å². The van der Waals surface area contributed by atoms with Gasteiger partial charge >= 0.3 is 0 Å². The lowest BCUT2D eigenvalue weighted by atomic mass is 9.92. The van der Waals surface area contributed by atoms with Crippen molar-refractivity contribution >= 4 is 16.7 Å². The molecule has 1 atom stereocenters. The van der Waals surface area contributed by atoms with E-state index in [2.05, 4.69) is 91.2 Å². The van der Waals surface area contributed by atoms with E-state index in [0.29, 0.717) is 5.92 Å². The molecule has 1 aromatic carbocycles. The standard InChI is InChI=1S/C23H26N4.CH5NO/c1-16-7-9-18(10-8-16)25-22-15-21(23(2,3)4)26-27(22)19-11-12-20-17(14-19)6-5-13-24-20;1-3-2/h5-7,9-16,25H,8H2,1-4H3;2H2,1H3. The van der Waals surface area contributed by atoms with Crippen LogP contribution in [-0.4, -0.2) is 21.9 Å². The van der Waals surface area contributed by atoms with Gasteiger partial charge in [-0.15, -0.1) is 0 Å². The minimum absolute atomic E-state index is 0.0224. The lowest BCUT2D eigenvalue weighted by molar-refractivity contribution is 0.206. The Balaban J connectivity index is 0.000000806. The molecule has 1 aliphatic carbocycles. The Labute approximate surface area is 178 Å². The van der Waals surface area contributed by atoms with Gasteiger partial charge in [0.05, 0.1) is 24.0 Å². The molecule has 1 aliphatic rings. The van der Waals surface area contributed by atoms with Crippen LogP contribution in [0.5, 0.6) is 0 Å². The maximum atomic E-state index is 4.92. The first-order valence-corrected chi connectivity index (χ1v) is 10.2. The molecule has 0 radical (unpaired) electrons. The summed E-state index contributed by atoms with van der Waals surface area (Å²) in [6.07, 6.45) is 9.54. The first-order valence-electron chi connectivity index (χ1n) is 10.2. The number of hydrogen-bond donors (Lipinski definition) is 2. The summed E-state index contributed by atoms with van der Waals surface area (Å²) in [5.74, 6) is 5.92. The summed E-state index contributed by atoms with van der Waals surface area (Å²) in [5.41, 5.74) is 4.18. The van der Waals surface area contributed by atoms with Gasteiger partial charge in [0, 0.05) is 28.8 Å². The number of hydrogen-bond acceptors (Lipinski definition) is 5. The van der Waals surface area contributed by atoms with Gasteiger partial charge in [0.2, 0.25) is 0 Å². The Kier molecular flexibility index (Phi) is 6.70. The van der Waals surface area contributed by atoms with Crippen LogP contribution in [0.4, 0.5) is 5.82 Å². The molecule has 0 aliphatic heterocycles. The van der Waals surface area contributed by atoms with Gasteiger partial charge in [-0.1, -0.05) is 45.9 Å². The number of benzene rings is 1. The van der Waals surface area contributed by atoms with Crippen molar-refractivity contribution in [1.29, 1.82) is 0 Å². The number of anilines is 1. The third-order valence-electron chi connectivity index (χ3n) is 4.90. The number of nitrogens with one attached hydrogen (secondary N) is 1. The molecule has 6 heteroatoms. The van der Waals surface area contributed by atoms with Gasteiger partial charge in [-0.3, -0.25) is 4.98 Å². The normalized spacial score (nSPS) is 16.1. The summed E-state index contributed by atoms with van der Waals surface area (Å²) >= 11 is 0. The molecule has 158 valence electrons. The highest BCUT2D eigenvalue weighted by molar-refractivity contribution is 5.80. The zero-order valence-corrected chi connectivity index (χ0v) is 18.4. The summed E-state index contributed by atoms with van der Waals surface area (Å²) < 4.78 is 2.00. The molecule has 3 N–H and O–H groups in total. The topological polar surface area (TPSA) is 78.0 Å². The molecule has 0 bridgehead atoms. The number of fused-ring (bicyclic) bond motifs is 1. The van der Waals surface area contributed by atoms with Crippen LogP contribution in [0.2, 0.25) is 0 Å². The smallest absolute Gasteiger partial charge is 0.134 e. The average molecular weight is 406 g/mol. The second kappa shape index (κ2) is 9.24. The molecular formula is C24H31N5O. The maximum absolute atomic E-state index is 4.92. The minimum atomic E-state index is -0.0224. The van der Waals surface area contributed by atoms with Gasteiger partial charge in [-0.25, -0.2) is 10.6 Å². The Hall–Kier alpha value is -2.96. The summed E-state index contributed by atoms with van der Waals surface area (Å²) in [5, 5.41) is 9.60. The molecule has 2 heterocycles. The number of allylic oxidation sites excluding steroid dienone is 3. The van der Waals surface area contributed by atoms with Crippen molar-refractivity contribution in [2.24, 2.45) is 11.8 Å². The highest BCUT2D eigenvalue weighted by Crippen LogP contribution is 2.29. The number of pyridine rings is 1. The van der Waals surface area contributed by atoms with Crippen LogP contribution in [0.3, 0.4) is 0 Å². The van der Waals surface area contributed by atoms with Crippen LogP contribution < -0.4 is 11.2 Å². The van der Waals surface area contributed by atoms with Crippen LogP contribution >= 0.6 is 0 Å². The Morgan fingerprint density at radius 2 is 1.97 bits per heavy atom. The molecule has 3 aromatic rings. The predicted molar refractivity (Wildman–Crippen MR) is 123 cm³/mol. The summed E-state index contributed by atoms with van der Waals surface area (Å²) in [6, 6.07) is 12.5. The van der Waals surface area contributed by atoms with Gasteiger partial charge in [0.25, 0.3) is 0 Å². The molecule has 4 rings (SSSR count). The summed E-state index contributed by atoms with van der Waals surface area (Å²) in [4.78, 5) is 8.17. The maximum Gasteiger partial charge on any atom is 0.134 e. The fourth-order valence-electron chi connectivity index (χ4n) is 3.20. The molecule has 0 fully saturated rings. The van der Waals surface area contributed by atoms with Crippen LogP contribution in [0.1, 0.15) is 39.8 Å². The highest BCUT2D eigenvalue weighted by Gasteiger charge is 2.21. The van der Waals surface area contributed by atoms with Crippen molar-refractivity contribution in [3.8, 4) is 5.69 Å². The van der Waals surface area contributed by atoms with E-state index in [-0.39, 0.29) is 5.41 Å². The van der Waals surface area contributed by atoms with Crippen LogP contribution in [-0.2, 0) is 10.3 Å². The molecule has 30 heavy (non-hydrogen) atoms. The van der Waals surface area contributed by atoms with E-state index < -0.39 is 0 Å². The number of aromatic nitrogens is 3. The predicted octanol–water partition coefficient (Wildman–Crippen LogP) is 5.12. The van der Waals surface area contributed by atoms with Crippen LogP contribution in [0.15, 0.2) is 66.5 Å². The summed E-state index contributed by atoms with van der Waals surface area (Å²) in [7, 11) is 1.40. The van der Waals surface area contributed by atoms with Crippen molar-refractivity contribution < 1.29 is 4.84 Å². The largest absolute Gasteiger partial charge is 0.340 e. The number of nitrogens with two attached hydrogens (primary N) is 1. The lowest BCUT2D eigenvalue weighted by Crippen LogP contribution is -2.12. The molecule has 1 unspecified atom stereocenters. The van der Waals surface area contributed by atoms with Gasteiger partial charge in [0.1, 0.15) is 5.82 Å². The first kappa shape index (κ1) is 21.7. The minimum Gasteiger partial charge on any atom is -0.340 e. The molecule has 0 saturated carbocycles. The second-order valence-corrected chi connectivity index (χ2v) is 8.55. The van der Waals surface area contributed by atoms with Crippen molar-refractivity contribution in [3.63, 3.8) is 0 Å². The Morgan fingerprint density at radius 3 is 2.63 bits per heavy atom. The van der Waals surface area contributed by atoms with Gasteiger partial charge in [-0.05, 0) is 42.7 Å². The third-order valence-corrected chi connectivity index (χ3v) is 4.90. The molecule has 2 aromatic heterocycles. The summed E-state index contributed by atoms with van der Waals surface area (Å²) in [6.45, 7) is 8.80. The molecule has 0 spiro atoms.